The Morgan fingerprint density at radius 3 is 2.94 bits per heavy atom. The number of nitrogen functional groups attached to an aromatic ring is 1. The van der Waals surface area contributed by atoms with Gasteiger partial charge in [0, 0.05) is 29.9 Å². The standard InChI is InChI=1S/C12H16ClN3O/c1-16(9-4-5-17-7-9)11-3-2-8(13)6-10(11)12(14)15/h2-3,6,9H,4-5,7H2,1H3,(H3,14,15). The molecular weight excluding hydrogens is 238 g/mol. The maximum atomic E-state index is 7.60. The third kappa shape index (κ3) is 2.53. The molecule has 0 radical (unpaired) electrons. The van der Waals surface area contributed by atoms with Crippen LogP contribution in [0.1, 0.15) is 12.0 Å². The number of benzene rings is 1. The van der Waals surface area contributed by atoms with E-state index in [1.807, 2.05) is 19.2 Å². The van der Waals surface area contributed by atoms with Crippen molar-refractivity contribution in [1.82, 2.24) is 0 Å². The summed E-state index contributed by atoms with van der Waals surface area (Å²) in [5.41, 5.74) is 7.19. The van der Waals surface area contributed by atoms with Crippen molar-refractivity contribution in [2.45, 2.75) is 12.5 Å². The molecule has 5 heteroatoms. The molecule has 0 saturated carbocycles. The highest BCUT2D eigenvalue weighted by Crippen LogP contribution is 2.26. The van der Waals surface area contributed by atoms with E-state index in [9.17, 15) is 0 Å². The Morgan fingerprint density at radius 1 is 1.59 bits per heavy atom. The molecule has 3 N–H and O–H groups in total. The van der Waals surface area contributed by atoms with Gasteiger partial charge >= 0.3 is 0 Å². The Bertz CT molecular complexity index is 430. The van der Waals surface area contributed by atoms with Crippen LogP contribution in [0.15, 0.2) is 18.2 Å². The van der Waals surface area contributed by atoms with Crippen LogP contribution in [0.25, 0.3) is 0 Å². The molecule has 2 rings (SSSR count). The second-order valence-corrected chi connectivity index (χ2v) is 4.64. The lowest BCUT2D eigenvalue weighted by Crippen LogP contribution is -2.33. The van der Waals surface area contributed by atoms with Crippen LogP contribution in [-0.2, 0) is 4.74 Å². The van der Waals surface area contributed by atoms with E-state index >= 15 is 0 Å². The predicted molar refractivity (Wildman–Crippen MR) is 70.1 cm³/mol. The number of nitrogens with one attached hydrogen (secondary N) is 1. The minimum atomic E-state index is 0.0354. The van der Waals surface area contributed by atoms with Gasteiger partial charge in [0.1, 0.15) is 5.84 Å². The fourth-order valence-electron chi connectivity index (χ4n) is 2.06. The molecule has 0 aliphatic carbocycles. The molecule has 1 atom stereocenters. The van der Waals surface area contributed by atoms with E-state index in [1.54, 1.807) is 6.07 Å². The molecule has 1 fully saturated rings. The second-order valence-electron chi connectivity index (χ2n) is 4.20. The minimum Gasteiger partial charge on any atom is -0.384 e. The Kier molecular flexibility index (Phi) is 3.54. The molecule has 0 aromatic heterocycles. The normalized spacial score (nSPS) is 19.3. The largest absolute Gasteiger partial charge is 0.384 e. The Morgan fingerprint density at radius 2 is 2.35 bits per heavy atom. The lowest BCUT2D eigenvalue weighted by atomic mass is 10.1. The molecule has 0 spiro atoms. The quantitative estimate of drug-likeness (QED) is 0.638. The van der Waals surface area contributed by atoms with Gasteiger partial charge in [-0.05, 0) is 24.6 Å². The van der Waals surface area contributed by atoms with Gasteiger partial charge in [0.15, 0.2) is 0 Å². The van der Waals surface area contributed by atoms with Gasteiger partial charge in [-0.2, -0.15) is 0 Å². The van der Waals surface area contributed by atoms with Crippen molar-refractivity contribution >= 4 is 23.1 Å². The maximum Gasteiger partial charge on any atom is 0.124 e. The highest BCUT2D eigenvalue weighted by Gasteiger charge is 2.22. The number of rotatable bonds is 3. The number of anilines is 1. The average Bonchev–Trinajstić information content (AvgIpc) is 2.81. The smallest absolute Gasteiger partial charge is 0.124 e. The molecule has 1 aliphatic rings. The SMILES string of the molecule is CN(c1ccc(Cl)cc1C(=N)N)C1CCOC1. The monoisotopic (exact) mass is 253 g/mol. The van der Waals surface area contributed by atoms with Crippen molar-refractivity contribution in [1.29, 1.82) is 5.41 Å². The average molecular weight is 254 g/mol. The number of amidine groups is 1. The van der Waals surface area contributed by atoms with Crippen molar-refractivity contribution < 1.29 is 4.74 Å². The molecule has 1 heterocycles. The first-order valence-corrected chi connectivity index (χ1v) is 5.92. The first-order chi connectivity index (χ1) is 8.09. The van der Waals surface area contributed by atoms with Gasteiger partial charge < -0.3 is 15.4 Å². The van der Waals surface area contributed by atoms with Crippen molar-refractivity contribution in [2.24, 2.45) is 5.73 Å². The highest BCUT2D eigenvalue weighted by atomic mass is 35.5. The third-order valence-electron chi connectivity index (χ3n) is 3.08. The topological polar surface area (TPSA) is 62.3 Å². The van der Waals surface area contributed by atoms with Gasteiger partial charge in [-0.1, -0.05) is 11.6 Å². The van der Waals surface area contributed by atoms with E-state index in [0.717, 1.165) is 25.3 Å². The third-order valence-corrected chi connectivity index (χ3v) is 3.32. The van der Waals surface area contributed by atoms with Crippen LogP contribution in [0.2, 0.25) is 5.02 Å². The molecule has 1 aromatic rings. The molecule has 1 saturated heterocycles. The fourth-order valence-corrected chi connectivity index (χ4v) is 2.23. The zero-order valence-electron chi connectivity index (χ0n) is 9.74. The van der Waals surface area contributed by atoms with Gasteiger partial charge in [-0.3, -0.25) is 5.41 Å². The maximum absolute atomic E-state index is 7.60. The lowest BCUT2D eigenvalue weighted by molar-refractivity contribution is 0.193. The number of ether oxygens (including phenoxy) is 1. The van der Waals surface area contributed by atoms with E-state index in [0.29, 0.717) is 16.6 Å². The summed E-state index contributed by atoms with van der Waals surface area (Å²) in [7, 11) is 2.00. The van der Waals surface area contributed by atoms with Crippen LogP contribution in [0, 0.1) is 5.41 Å². The molecule has 4 nitrogen and oxygen atoms in total. The summed E-state index contributed by atoms with van der Waals surface area (Å²) in [6, 6.07) is 5.78. The number of likely N-dealkylation sites (N-methyl/N-ethyl adjacent to an activating group) is 1. The van der Waals surface area contributed by atoms with Gasteiger partial charge in [-0.25, -0.2) is 0 Å². The summed E-state index contributed by atoms with van der Waals surface area (Å²) >= 11 is 5.93. The minimum absolute atomic E-state index is 0.0354. The summed E-state index contributed by atoms with van der Waals surface area (Å²) in [6.45, 7) is 1.51. The van der Waals surface area contributed by atoms with Crippen LogP contribution in [-0.4, -0.2) is 32.1 Å². The molecule has 1 unspecified atom stereocenters. The highest BCUT2D eigenvalue weighted by molar-refractivity contribution is 6.31. The first kappa shape index (κ1) is 12.2. The molecular formula is C12H16ClN3O. The van der Waals surface area contributed by atoms with Gasteiger partial charge in [0.25, 0.3) is 0 Å². The van der Waals surface area contributed by atoms with Crippen molar-refractivity contribution in [2.75, 3.05) is 25.2 Å². The molecule has 17 heavy (non-hydrogen) atoms. The van der Waals surface area contributed by atoms with E-state index < -0.39 is 0 Å². The van der Waals surface area contributed by atoms with Crippen LogP contribution < -0.4 is 10.6 Å². The number of hydrogen-bond donors (Lipinski definition) is 2. The molecule has 0 bridgehead atoms. The number of nitrogens with zero attached hydrogens (tertiary/aromatic N) is 1. The Balaban J connectivity index is 2.33. The number of halogens is 1. The van der Waals surface area contributed by atoms with Crippen LogP contribution in [0.3, 0.4) is 0 Å². The van der Waals surface area contributed by atoms with Gasteiger partial charge in [0.2, 0.25) is 0 Å². The van der Waals surface area contributed by atoms with Crippen molar-refractivity contribution in [3.05, 3.63) is 28.8 Å². The van der Waals surface area contributed by atoms with Gasteiger partial charge in [0.05, 0.1) is 12.6 Å². The van der Waals surface area contributed by atoms with Crippen LogP contribution in [0.5, 0.6) is 0 Å². The Labute approximate surface area is 106 Å². The van der Waals surface area contributed by atoms with Crippen molar-refractivity contribution in [3.8, 4) is 0 Å². The molecule has 92 valence electrons. The van der Waals surface area contributed by atoms with Crippen LogP contribution in [0.4, 0.5) is 5.69 Å². The molecule has 0 amide bonds. The predicted octanol–water partition coefficient (Wildman–Crippen LogP) is 1.85. The summed E-state index contributed by atoms with van der Waals surface area (Å²) in [6.07, 6.45) is 0.996. The second kappa shape index (κ2) is 4.94. The number of nitrogens with two attached hydrogens (primary N) is 1. The van der Waals surface area contributed by atoms with Gasteiger partial charge in [-0.15, -0.1) is 0 Å². The Hall–Kier alpha value is -1.26. The molecule has 1 aliphatic heterocycles. The number of hydrogen-bond acceptors (Lipinski definition) is 3. The van der Waals surface area contributed by atoms with E-state index in [2.05, 4.69) is 4.90 Å². The lowest BCUT2D eigenvalue weighted by Gasteiger charge is -2.27. The van der Waals surface area contributed by atoms with E-state index in [4.69, 9.17) is 27.5 Å². The summed E-state index contributed by atoms with van der Waals surface area (Å²) < 4.78 is 5.37. The summed E-state index contributed by atoms with van der Waals surface area (Å²) in [4.78, 5) is 2.11. The summed E-state index contributed by atoms with van der Waals surface area (Å²) in [5.74, 6) is 0.0354. The zero-order chi connectivity index (χ0) is 12.4. The summed E-state index contributed by atoms with van der Waals surface area (Å²) in [5, 5.41) is 8.19. The fraction of sp³-hybridized carbons (Fsp3) is 0.417. The molecule has 1 aromatic carbocycles. The van der Waals surface area contributed by atoms with Crippen LogP contribution >= 0.6 is 11.6 Å². The van der Waals surface area contributed by atoms with Crippen molar-refractivity contribution in [3.63, 3.8) is 0 Å². The van der Waals surface area contributed by atoms with E-state index in [1.165, 1.54) is 0 Å². The zero-order valence-corrected chi connectivity index (χ0v) is 10.5. The van der Waals surface area contributed by atoms with E-state index in [-0.39, 0.29) is 5.84 Å². The first-order valence-electron chi connectivity index (χ1n) is 5.54.